The maximum atomic E-state index is 13.0. The molecule has 0 saturated carbocycles. The molecule has 24 heavy (non-hydrogen) atoms. The van der Waals surface area contributed by atoms with E-state index in [-0.39, 0.29) is 34.7 Å². The highest BCUT2D eigenvalue weighted by molar-refractivity contribution is 7.91. The number of aromatic nitrogens is 2. The molecule has 0 unspecified atom stereocenters. The van der Waals surface area contributed by atoms with Crippen LogP contribution >= 0.6 is 0 Å². The number of hydrogen-bond acceptors (Lipinski definition) is 5. The Bertz CT molecular complexity index is 965. The average Bonchev–Trinajstić information content (AvgIpc) is 2.91. The summed E-state index contributed by atoms with van der Waals surface area (Å²) in [5.41, 5.74) is -0.0903. The highest BCUT2D eigenvalue weighted by atomic mass is 32.2. The Morgan fingerprint density at radius 1 is 1.33 bits per heavy atom. The van der Waals surface area contributed by atoms with Crippen LogP contribution in [0.2, 0.25) is 0 Å². The molecule has 1 aliphatic heterocycles. The van der Waals surface area contributed by atoms with Gasteiger partial charge in [-0.2, -0.15) is 5.10 Å². The molecular weight excluding hydrogens is 330 g/mol. The number of nitrogens with zero attached hydrogens (tertiary/aromatic N) is 3. The first-order chi connectivity index (χ1) is 11.3. The Labute approximate surface area is 139 Å². The predicted octanol–water partition coefficient (Wildman–Crippen LogP) is 0.583. The smallest absolute Gasteiger partial charge is 0.275 e. The molecular formula is C16H19N3O4S. The lowest BCUT2D eigenvalue weighted by atomic mass is 10.1. The minimum absolute atomic E-state index is 0.0176. The zero-order chi connectivity index (χ0) is 17.5. The number of benzene rings is 1. The van der Waals surface area contributed by atoms with E-state index in [1.807, 2.05) is 6.92 Å². The van der Waals surface area contributed by atoms with E-state index in [1.165, 1.54) is 7.05 Å². The number of amides is 1. The fraction of sp³-hybridized carbons (Fsp3) is 0.438. The predicted molar refractivity (Wildman–Crippen MR) is 90.8 cm³/mol. The second-order valence-corrected chi connectivity index (χ2v) is 8.20. The van der Waals surface area contributed by atoms with Gasteiger partial charge in [0, 0.05) is 25.0 Å². The van der Waals surface area contributed by atoms with Crippen LogP contribution in [0.3, 0.4) is 0 Å². The minimum Gasteiger partial charge on any atom is -0.333 e. The van der Waals surface area contributed by atoms with Crippen LogP contribution in [0, 0.1) is 0 Å². The fourth-order valence-corrected chi connectivity index (χ4v) is 4.91. The number of carbonyl (C=O) groups excluding carboxylic acids is 1. The van der Waals surface area contributed by atoms with Crippen LogP contribution in [0.5, 0.6) is 0 Å². The summed E-state index contributed by atoms with van der Waals surface area (Å²) in [6.45, 7) is 2.20. The van der Waals surface area contributed by atoms with Crippen molar-refractivity contribution < 1.29 is 13.2 Å². The molecule has 1 amide bonds. The van der Waals surface area contributed by atoms with Crippen LogP contribution < -0.4 is 5.56 Å². The van der Waals surface area contributed by atoms with Gasteiger partial charge >= 0.3 is 0 Å². The third kappa shape index (κ3) is 2.82. The molecule has 1 aliphatic rings. The van der Waals surface area contributed by atoms with Crippen molar-refractivity contribution in [1.82, 2.24) is 14.7 Å². The van der Waals surface area contributed by atoms with Gasteiger partial charge in [0.05, 0.1) is 16.9 Å². The monoisotopic (exact) mass is 349 g/mol. The van der Waals surface area contributed by atoms with Gasteiger partial charge < -0.3 is 4.90 Å². The first-order valence-corrected chi connectivity index (χ1v) is 9.63. The normalized spacial score (nSPS) is 19.5. The zero-order valence-electron chi connectivity index (χ0n) is 13.6. The van der Waals surface area contributed by atoms with Crippen molar-refractivity contribution >= 4 is 26.5 Å². The Balaban J connectivity index is 2.08. The van der Waals surface area contributed by atoms with Gasteiger partial charge in [-0.05, 0) is 19.4 Å². The molecule has 1 atom stereocenters. The van der Waals surface area contributed by atoms with Gasteiger partial charge in [-0.3, -0.25) is 9.59 Å². The maximum Gasteiger partial charge on any atom is 0.275 e. The molecule has 0 radical (unpaired) electrons. The van der Waals surface area contributed by atoms with Crippen LogP contribution in [0.25, 0.3) is 10.8 Å². The molecule has 128 valence electrons. The number of fused-ring (bicyclic) bond motifs is 1. The molecule has 1 aromatic heterocycles. The third-order valence-electron chi connectivity index (χ3n) is 4.41. The highest BCUT2D eigenvalue weighted by Crippen LogP contribution is 2.21. The van der Waals surface area contributed by atoms with Crippen molar-refractivity contribution in [2.75, 3.05) is 18.1 Å². The first kappa shape index (κ1) is 16.6. The van der Waals surface area contributed by atoms with Crippen molar-refractivity contribution in [1.29, 1.82) is 0 Å². The highest BCUT2D eigenvalue weighted by Gasteiger charge is 2.35. The van der Waals surface area contributed by atoms with Crippen molar-refractivity contribution in [3.8, 4) is 0 Å². The summed E-state index contributed by atoms with van der Waals surface area (Å²) in [4.78, 5) is 26.7. The molecule has 1 fully saturated rings. The van der Waals surface area contributed by atoms with E-state index >= 15 is 0 Å². The van der Waals surface area contributed by atoms with Crippen LogP contribution in [0.1, 0.15) is 23.8 Å². The molecule has 0 N–H and O–H groups in total. The number of carbonyl (C=O) groups is 1. The number of hydrogen-bond donors (Lipinski definition) is 0. The Hall–Kier alpha value is -2.22. The quantitative estimate of drug-likeness (QED) is 0.809. The SMILES string of the molecule is CCN(C(=O)c1nn(C)c(=O)c2ccccc12)[C@@H]1CCS(=O)(=O)C1. The molecule has 3 rings (SSSR count). The summed E-state index contributed by atoms with van der Waals surface area (Å²) in [5.74, 6) is -0.259. The molecule has 0 spiro atoms. The lowest BCUT2D eigenvalue weighted by Crippen LogP contribution is -2.42. The molecule has 1 aromatic carbocycles. The Morgan fingerprint density at radius 2 is 2.00 bits per heavy atom. The second kappa shape index (κ2) is 6.01. The maximum absolute atomic E-state index is 13.0. The van der Waals surface area contributed by atoms with E-state index in [0.29, 0.717) is 23.7 Å². The summed E-state index contributed by atoms with van der Waals surface area (Å²) in [6.07, 6.45) is 0.436. The largest absolute Gasteiger partial charge is 0.333 e. The molecule has 8 heteroatoms. The number of aryl methyl sites for hydroxylation is 1. The van der Waals surface area contributed by atoms with Gasteiger partial charge in [0.15, 0.2) is 15.5 Å². The number of sulfone groups is 1. The summed E-state index contributed by atoms with van der Waals surface area (Å²) in [5, 5.41) is 5.06. The molecule has 7 nitrogen and oxygen atoms in total. The van der Waals surface area contributed by atoms with Crippen LogP contribution in [-0.4, -0.2) is 53.1 Å². The van der Waals surface area contributed by atoms with Crippen molar-refractivity contribution in [3.63, 3.8) is 0 Å². The topological polar surface area (TPSA) is 89.3 Å². The molecule has 0 aliphatic carbocycles. The van der Waals surface area contributed by atoms with E-state index in [4.69, 9.17) is 0 Å². The molecule has 0 bridgehead atoms. The van der Waals surface area contributed by atoms with E-state index in [2.05, 4.69) is 5.10 Å². The van der Waals surface area contributed by atoms with Crippen LogP contribution in [0.15, 0.2) is 29.1 Å². The van der Waals surface area contributed by atoms with E-state index in [9.17, 15) is 18.0 Å². The van der Waals surface area contributed by atoms with Gasteiger partial charge in [0.25, 0.3) is 11.5 Å². The molecule has 2 heterocycles. The van der Waals surface area contributed by atoms with E-state index < -0.39 is 9.84 Å². The van der Waals surface area contributed by atoms with Gasteiger partial charge in [0.2, 0.25) is 0 Å². The third-order valence-corrected chi connectivity index (χ3v) is 6.16. The average molecular weight is 349 g/mol. The summed E-state index contributed by atoms with van der Waals surface area (Å²) in [6, 6.07) is 6.49. The molecule has 2 aromatic rings. The lowest BCUT2D eigenvalue weighted by Gasteiger charge is -2.27. The summed E-state index contributed by atoms with van der Waals surface area (Å²) in [7, 11) is -1.59. The van der Waals surface area contributed by atoms with E-state index in [0.717, 1.165) is 4.68 Å². The van der Waals surface area contributed by atoms with Crippen molar-refractivity contribution in [3.05, 3.63) is 40.3 Å². The second-order valence-electron chi connectivity index (χ2n) is 5.97. The summed E-state index contributed by atoms with van der Waals surface area (Å²) >= 11 is 0. The van der Waals surface area contributed by atoms with Crippen molar-refractivity contribution in [2.24, 2.45) is 7.05 Å². The molecule has 1 saturated heterocycles. The zero-order valence-corrected chi connectivity index (χ0v) is 14.4. The van der Waals surface area contributed by atoms with Gasteiger partial charge in [-0.1, -0.05) is 18.2 Å². The van der Waals surface area contributed by atoms with Crippen LogP contribution in [0.4, 0.5) is 0 Å². The van der Waals surface area contributed by atoms with Crippen LogP contribution in [-0.2, 0) is 16.9 Å². The van der Waals surface area contributed by atoms with E-state index in [1.54, 1.807) is 29.2 Å². The minimum atomic E-state index is -3.09. The summed E-state index contributed by atoms with van der Waals surface area (Å²) < 4.78 is 24.6. The first-order valence-electron chi connectivity index (χ1n) is 7.81. The van der Waals surface area contributed by atoms with Crippen molar-refractivity contribution in [2.45, 2.75) is 19.4 Å². The van der Waals surface area contributed by atoms with Gasteiger partial charge in [-0.15, -0.1) is 0 Å². The standard InChI is InChI=1S/C16H19N3O4S/c1-3-19(11-8-9-24(22,23)10-11)16(21)14-12-6-4-5-7-13(12)15(20)18(2)17-14/h4-7,11H,3,8-10H2,1-2H3/t11-/m1/s1. The van der Waals surface area contributed by atoms with Gasteiger partial charge in [0.1, 0.15) is 0 Å². The van der Waals surface area contributed by atoms with Gasteiger partial charge in [-0.25, -0.2) is 13.1 Å². The fourth-order valence-electron chi connectivity index (χ4n) is 3.18. The lowest BCUT2D eigenvalue weighted by molar-refractivity contribution is 0.0702. The Kier molecular flexibility index (Phi) is 4.16. The number of rotatable bonds is 3. The Morgan fingerprint density at radius 3 is 2.58 bits per heavy atom.